The number of aliphatic hydroxyl groups excluding tert-OH is 1. The molecule has 0 radical (unpaired) electrons. The summed E-state index contributed by atoms with van der Waals surface area (Å²) in [4.78, 5) is 22.7. The van der Waals surface area contributed by atoms with E-state index in [1.165, 1.54) is 11.1 Å². The van der Waals surface area contributed by atoms with E-state index >= 15 is 0 Å². The van der Waals surface area contributed by atoms with Crippen LogP contribution in [0.1, 0.15) is 24.2 Å². The van der Waals surface area contributed by atoms with E-state index in [9.17, 15) is 9.18 Å². The number of benzene rings is 1. The Morgan fingerprint density at radius 3 is 2.86 bits per heavy atom. The number of hydroxylamine groups is 2. The first-order chi connectivity index (χ1) is 13.4. The molecule has 3 aromatic rings. The molecule has 0 atom stereocenters. The highest BCUT2D eigenvalue weighted by molar-refractivity contribution is 14.1. The second kappa shape index (κ2) is 8.84. The molecule has 2 heterocycles. The molecule has 7 nitrogen and oxygen atoms in total. The molecule has 1 aromatic carbocycles. The van der Waals surface area contributed by atoms with Crippen LogP contribution in [0.5, 0.6) is 0 Å². The van der Waals surface area contributed by atoms with Gasteiger partial charge in [-0.1, -0.05) is 0 Å². The fourth-order valence-corrected chi connectivity index (χ4v) is 3.16. The molecular weight excluding hydrogens is 478 g/mol. The van der Waals surface area contributed by atoms with Crippen LogP contribution in [0.3, 0.4) is 0 Å². The van der Waals surface area contributed by atoms with Gasteiger partial charge >= 0.3 is 0 Å². The van der Waals surface area contributed by atoms with Crippen molar-refractivity contribution < 1.29 is 19.1 Å². The number of halogens is 2. The summed E-state index contributed by atoms with van der Waals surface area (Å²) in [5.41, 5.74) is 1.27. The summed E-state index contributed by atoms with van der Waals surface area (Å²) in [5.74, 6) is -0.467. The molecule has 28 heavy (non-hydrogen) atoms. The molecule has 2 N–H and O–H groups in total. The van der Waals surface area contributed by atoms with Crippen LogP contribution < -0.4 is 5.32 Å². The maximum atomic E-state index is 14.4. The van der Waals surface area contributed by atoms with Gasteiger partial charge in [-0.3, -0.25) is 14.0 Å². The third-order valence-corrected chi connectivity index (χ3v) is 4.66. The Kier molecular flexibility index (Phi) is 6.47. The monoisotopic (exact) mass is 498 g/mol. The standard InChI is InChI=1S/C19H20FIN4O3/c1-12(2)25(28-8-7-26)19(27)15-5-4-14-10-22-11-24(14)18(15)23-17-6-3-13(21)9-16(17)20/h3-6,9-12,23,26H,7-8H2,1-2H3. The minimum absolute atomic E-state index is 0.00818. The summed E-state index contributed by atoms with van der Waals surface area (Å²) in [6.45, 7) is 3.38. The quantitative estimate of drug-likeness (QED) is 0.385. The van der Waals surface area contributed by atoms with E-state index in [4.69, 9.17) is 9.94 Å². The summed E-state index contributed by atoms with van der Waals surface area (Å²) >= 11 is 2.03. The highest BCUT2D eigenvalue weighted by Gasteiger charge is 2.24. The van der Waals surface area contributed by atoms with E-state index in [0.29, 0.717) is 5.82 Å². The van der Waals surface area contributed by atoms with E-state index in [1.807, 2.05) is 22.6 Å². The van der Waals surface area contributed by atoms with Gasteiger partial charge in [-0.2, -0.15) is 0 Å². The van der Waals surface area contributed by atoms with Crippen LogP contribution in [0, 0.1) is 9.39 Å². The zero-order valence-electron chi connectivity index (χ0n) is 15.4. The number of pyridine rings is 1. The molecule has 0 saturated heterocycles. The average molecular weight is 498 g/mol. The lowest BCUT2D eigenvalue weighted by atomic mass is 10.2. The van der Waals surface area contributed by atoms with Crippen molar-refractivity contribution in [3.05, 3.63) is 57.8 Å². The number of aliphatic hydroxyl groups is 1. The Balaban J connectivity index is 2.07. The Labute approximate surface area is 175 Å². The van der Waals surface area contributed by atoms with Crippen molar-refractivity contribution in [3.63, 3.8) is 0 Å². The minimum atomic E-state index is -0.431. The molecule has 0 spiro atoms. The number of nitrogens with zero attached hydrogens (tertiary/aromatic N) is 3. The summed E-state index contributed by atoms with van der Waals surface area (Å²) < 4.78 is 16.8. The highest BCUT2D eigenvalue weighted by atomic mass is 127. The van der Waals surface area contributed by atoms with Crippen molar-refractivity contribution in [2.24, 2.45) is 0 Å². The van der Waals surface area contributed by atoms with Gasteiger partial charge in [0, 0.05) is 3.57 Å². The molecule has 0 unspecified atom stereocenters. The topological polar surface area (TPSA) is 79.1 Å². The Bertz CT molecular complexity index is 992. The third kappa shape index (κ3) is 4.26. The number of fused-ring (bicyclic) bond motifs is 1. The van der Waals surface area contributed by atoms with E-state index in [0.717, 1.165) is 9.09 Å². The number of anilines is 2. The molecule has 0 aliphatic carbocycles. The summed E-state index contributed by atoms with van der Waals surface area (Å²) in [6.07, 6.45) is 3.19. The van der Waals surface area contributed by atoms with Crippen molar-refractivity contribution in [1.82, 2.24) is 14.4 Å². The molecule has 0 aliphatic rings. The maximum absolute atomic E-state index is 14.4. The molecule has 0 saturated carbocycles. The van der Waals surface area contributed by atoms with Gasteiger partial charge in [0.15, 0.2) is 0 Å². The predicted molar refractivity (Wildman–Crippen MR) is 112 cm³/mol. The van der Waals surface area contributed by atoms with Crippen molar-refractivity contribution >= 4 is 45.5 Å². The van der Waals surface area contributed by atoms with Crippen LogP contribution in [0.4, 0.5) is 15.9 Å². The van der Waals surface area contributed by atoms with Crippen LogP contribution in [0.2, 0.25) is 0 Å². The van der Waals surface area contributed by atoms with Crippen LogP contribution in [0.25, 0.3) is 5.52 Å². The summed E-state index contributed by atoms with van der Waals surface area (Å²) in [6, 6.07) is 7.92. The number of amides is 1. The van der Waals surface area contributed by atoms with Gasteiger partial charge in [0.2, 0.25) is 0 Å². The molecule has 1 amide bonds. The summed E-state index contributed by atoms with van der Waals surface area (Å²) in [5, 5.41) is 13.3. The van der Waals surface area contributed by atoms with Gasteiger partial charge in [-0.05, 0) is 66.8 Å². The van der Waals surface area contributed by atoms with Gasteiger partial charge in [-0.25, -0.2) is 14.4 Å². The van der Waals surface area contributed by atoms with E-state index in [2.05, 4.69) is 10.3 Å². The second-order valence-corrected chi connectivity index (χ2v) is 7.56. The van der Waals surface area contributed by atoms with Crippen LogP contribution >= 0.6 is 22.6 Å². The van der Waals surface area contributed by atoms with Gasteiger partial charge in [0.1, 0.15) is 18.0 Å². The van der Waals surface area contributed by atoms with Gasteiger partial charge in [0.25, 0.3) is 5.91 Å². The maximum Gasteiger partial charge on any atom is 0.281 e. The normalized spacial score (nSPS) is 11.2. The average Bonchev–Trinajstić information content (AvgIpc) is 3.13. The first-order valence-electron chi connectivity index (χ1n) is 8.67. The fourth-order valence-electron chi connectivity index (χ4n) is 2.71. The number of carbonyl (C=O) groups excluding carboxylic acids is 1. The lowest BCUT2D eigenvalue weighted by Crippen LogP contribution is -2.38. The molecule has 0 fully saturated rings. The van der Waals surface area contributed by atoms with Crippen molar-refractivity contribution in [2.45, 2.75) is 19.9 Å². The SMILES string of the molecule is CC(C)N(OCCO)C(=O)c1ccc2cncn2c1Nc1ccc(I)cc1F. The first kappa shape index (κ1) is 20.5. The number of hydrogen-bond acceptors (Lipinski definition) is 5. The summed E-state index contributed by atoms with van der Waals surface area (Å²) in [7, 11) is 0. The Morgan fingerprint density at radius 1 is 1.39 bits per heavy atom. The lowest BCUT2D eigenvalue weighted by Gasteiger charge is -2.26. The van der Waals surface area contributed by atoms with Crippen LogP contribution in [0.15, 0.2) is 42.9 Å². The van der Waals surface area contributed by atoms with Crippen molar-refractivity contribution in [3.8, 4) is 0 Å². The third-order valence-electron chi connectivity index (χ3n) is 3.99. The predicted octanol–water partition coefficient (Wildman–Crippen LogP) is 3.60. The molecule has 9 heteroatoms. The largest absolute Gasteiger partial charge is 0.394 e. The zero-order valence-corrected chi connectivity index (χ0v) is 17.6. The van der Waals surface area contributed by atoms with Crippen molar-refractivity contribution in [2.75, 3.05) is 18.5 Å². The molecule has 0 aliphatic heterocycles. The van der Waals surface area contributed by atoms with Crippen LogP contribution in [-0.4, -0.2) is 44.7 Å². The van der Waals surface area contributed by atoms with Gasteiger partial charge < -0.3 is 10.4 Å². The van der Waals surface area contributed by atoms with Crippen LogP contribution in [-0.2, 0) is 4.84 Å². The number of imidazole rings is 1. The molecule has 148 valence electrons. The number of rotatable bonds is 7. The van der Waals surface area contributed by atoms with E-state index < -0.39 is 11.7 Å². The number of carbonyl (C=O) groups is 1. The molecule has 2 aromatic heterocycles. The lowest BCUT2D eigenvalue weighted by molar-refractivity contribution is -0.148. The Hall–Kier alpha value is -2.24. The smallest absolute Gasteiger partial charge is 0.281 e. The molecular formula is C19H20FIN4O3. The van der Waals surface area contributed by atoms with E-state index in [-0.39, 0.29) is 30.5 Å². The van der Waals surface area contributed by atoms with Crippen molar-refractivity contribution in [1.29, 1.82) is 0 Å². The number of aromatic nitrogens is 2. The molecule has 3 rings (SSSR count). The van der Waals surface area contributed by atoms with Gasteiger partial charge in [0.05, 0.1) is 42.2 Å². The fraction of sp³-hybridized carbons (Fsp3) is 0.263. The zero-order chi connectivity index (χ0) is 20.3. The highest BCUT2D eigenvalue weighted by Crippen LogP contribution is 2.27. The second-order valence-electron chi connectivity index (χ2n) is 6.31. The van der Waals surface area contributed by atoms with E-state index in [1.54, 1.807) is 55.0 Å². The molecule has 0 bridgehead atoms. The Morgan fingerprint density at radius 2 is 2.18 bits per heavy atom. The number of hydrogen-bond donors (Lipinski definition) is 2. The first-order valence-corrected chi connectivity index (χ1v) is 9.74. The number of nitrogens with one attached hydrogen (secondary N) is 1. The minimum Gasteiger partial charge on any atom is -0.394 e. The van der Waals surface area contributed by atoms with Gasteiger partial charge in [-0.15, -0.1) is 0 Å².